The Morgan fingerprint density at radius 2 is 2.22 bits per heavy atom. The van der Waals surface area contributed by atoms with Crippen molar-refractivity contribution in [3.63, 3.8) is 0 Å². The Hall–Kier alpha value is -2.16. The van der Waals surface area contributed by atoms with E-state index in [1.54, 1.807) is 0 Å². The van der Waals surface area contributed by atoms with Crippen LogP contribution in [0.4, 0.5) is 18.9 Å². The molecule has 0 aromatic carbocycles. The van der Waals surface area contributed by atoms with E-state index in [1.807, 2.05) is 0 Å². The lowest BCUT2D eigenvalue weighted by atomic mass is 9.98. The summed E-state index contributed by atoms with van der Waals surface area (Å²) < 4.78 is 42.8. The summed E-state index contributed by atoms with van der Waals surface area (Å²) >= 11 is 0. The van der Waals surface area contributed by atoms with E-state index in [4.69, 9.17) is 10.5 Å². The minimum Gasteiger partial charge on any atom is -0.364 e. The van der Waals surface area contributed by atoms with Crippen molar-refractivity contribution in [3.8, 4) is 0 Å². The number of primary amides is 1. The maximum Gasteiger partial charge on any atom is 0.391 e. The summed E-state index contributed by atoms with van der Waals surface area (Å²) in [6, 6.07) is 2.72. The molecule has 2 rings (SSSR count). The van der Waals surface area contributed by atoms with Gasteiger partial charge in [-0.1, -0.05) is 0 Å². The number of carbonyl (C=O) groups is 2. The molecule has 126 valence electrons. The number of pyridine rings is 1. The second-order valence-corrected chi connectivity index (χ2v) is 5.67. The number of alkyl halides is 3. The maximum absolute atomic E-state index is 12.5. The van der Waals surface area contributed by atoms with Gasteiger partial charge in [0.05, 0.1) is 12.0 Å². The second-order valence-electron chi connectivity index (χ2n) is 5.67. The van der Waals surface area contributed by atoms with E-state index in [2.05, 4.69) is 10.3 Å². The predicted molar refractivity (Wildman–Crippen MR) is 74.6 cm³/mol. The lowest BCUT2D eigenvalue weighted by molar-refractivity contribution is -0.182. The van der Waals surface area contributed by atoms with Gasteiger partial charge in [0.2, 0.25) is 0 Å². The molecule has 6 nitrogen and oxygen atoms in total. The highest BCUT2D eigenvalue weighted by Crippen LogP contribution is 2.39. The van der Waals surface area contributed by atoms with Gasteiger partial charge in [-0.2, -0.15) is 13.2 Å². The third kappa shape index (κ3) is 4.65. The fourth-order valence-electron chi connectivity index (χ4n) is 2.50. The molecule has 2 atom stereocenters. The highest BCUT2D eigenvalue weighted by Gasteiger charge is 2.46. The summed E-state index contributed by atoms with van der Waals surface area (Å²) in [5.41, 5.74) is 3.92. The van der Waals surface area contributed by atoms with Crippen molar-refractivity contribution in [2.24, 2.45) is 5.73 Å². The number of aromatic nitrogens is 1. The molecule has 0 radical (unpaired) electrons. The highest BCUT2D eigenvalue weighted by molar-refractivity contribution is 5.96. The number of hydrogen-bond donors (Lipinski definition) is 2. The molecule has 3 N–H and O–H groups in total. The van der Waals surface area contributed by atoms with Crippen LogP contribution >= 0.6 is 0 Å². The average Bonchev–Trinajstić information content (AvgIpc) is 2.79. The smallest absolute Gasteiger partial charge is 0.364 e. The molecule has 1 aliphatic heterocycles. The molecule has 0 saturated carbocycles. The van der Waals surface area contributed by atoms with Crippen LogP contribution in [0.25, 0.3) is 0 Å². The Bertz CT molecular complexity index is 621. The molecular weight excluding hydrogens is 315 g/mol. The molecule has 1 saturated heterocycles. The number of amides is 2. The van der Waals surface area contributed by atoms with E-state index >= 15 is 0 Å². The molecule has 1 aromatic rings. The van der Waals surface area contributed by atoms with Gasteiger partial charge < -0.3 is 15.8 Å². The fourth-order valence-corrected chi connectivity index (χ4v) is 2.50. The number of nitrogens with zero attached hydrogens (tertiary/aromatic N) is 1. The van der Waals surface area contributed by atoms with E-state index in [0.717, 1.165) is 0 Å². The lowest BCUT2D eigenvalue weighted by Crippen LogP contribution is -2.35. The van der Waals surface area contributed by atoms with Crippen LogP contribution in [0.1, 0.15) is 36.7 Å². The molecule has 0 spiro atoms. The van der Waals surface area contributed by atoms with Crippen molar-refractivity contribution in [2.75, 3.05) is 5.32 Å². The molecule has 0 bridgehead atoms. The molecular formula is C14H16F3N3O3. The van der Waals surface area contributed by atoms with Crippen molar-refractivity contribution in [2.45, 2.75) is 44.1 Å². The molecule has 2 unspecified atom stereocenters. The van der Waals surface area contributed by atoms with Crippen molar-refractivity contribution in [3.05, 3.63) is 24.0 Å². The molecule has 1 fully saturated rings. The standard InChI is InChI=1S/C14H16F3N3O3/c1-13(7-14(15,16)17)4-2-10(23-13)12(22)20-8-3-5-19-9(6-8)11(18)21/h3,5-6,10H,2,4,7H2,1H3,(H2,18,21)(H,19,20,22). The molecule has 9 heteroatoms. The summed E-state index contributed by atoms with van der Waals surface area (Å²) in [5.74, 6) is -1.33. The van der Waals surface area contributed by atoms with Crippen LogP contribution in [-0.4, -0.2) is 34.7 Å². The second kappa shape index (κ2) is 6.15. The van der Waals surface area contributed by atoms with E-state index < -0.39 is 36.1 Å². The van der Waals surface area contributed by atoms with Crippen LogP contribution in [0.3, 0.4) is 0 Å². The Morgan fingerprint density at radius 1 is 1.52 bits per heavy atom. The van der Waals surface area contributed by atoms with Crippen molar-refractivity contribution >= 4 is 17.5 Å². The minimum absolute atomic E-state index is 0.0305. The van der Waals surface area contributed by atoms with Crippen molar-refractivity contribution in [1.29, 1.82) is 0 Å². The van der Waals surface area contributed by atoms with Crippen LogP contribution < -0.4 is 11.1 Å². The van der Waals surface area contributed by atoms with Crippen molar-refractivity contribution in [1.82, 2.24) is 4.98 Å². The molecule has 1 aliphatic rings. The Balaban J connectivity index is 2.00. The van der Waals surface area contributed by atoms with Gasteiger partial charge >= 0.3 is 6.18 Å². The Morgan fingerprint density at radius 3 is 2.83 bits per heavy atom. The highest BCUT2D eigenvalue weighted by atomic mass is 19.4. The number of ether oxygens (including phenoxy) is 1. The van der Waals surface area contributed by atoms with Gasteiger partial charge in [-0.05, 0) is 31.9 Å². The average molecular weight is 331 g/mol. The summed E-state index contributed by atoms with van der Waals surface area (Å²) in [5, 5.41) is 2.49. The summed E-state index contributed by atoms with van der Waals surface area (Å²) in [4.78, 5) is 26.8. The molecule has 2 amide bonds. The SMILES string of the molecule is CC1(CC(F)(F)F)CCC(C(=O)Nc2ccnc(C(N)=O)c2)O1. The first kappa shape index (κ1) is 17.2. The van der Waals surface area contributed by atoms with E-state index in [0.29, 0.717) is 0 Å². The summed E-state index contributed by atoms with van der Waals surface area (Å²) in [7, 11) is 0. The topological polar surface area (TPSA) is 94.3 Å². The zero-order chi connectivity index (χ0) is 17.3. The van der Waals surface area contributed by atoms with Crippen LogP contribution in [0.15, 0.2) is 18.3 Å². The van der Waals surface area contributed by atoms with E-state index in [1.165, 1.54) is 25.3 Å². The van der Waals surface area contributed by atoms with Crippen LogP contribution in [0.2, 0.25) is 0 Å². The quantitative estimate of drug-likeness (QED) is 0.882. The monoisotopic (exact) mass is 331 g/mol. The first-order valence-corrected chi connectivity index (χ1v) is 6.89. The van der Waals surface area contributed by atoms with Crippen molar-refractivity contribution < 1.29 is 27.5 Å². The molecule has 23 heavy (non-hydrogen) atoms. The van der Waals surface area contributed by atoms with Gasteiger partial charge in [0.25, 0.3) is 11.8 Å². The van der Waals surface area contributed by atoms with Crippen LogP contribution in [0.5, 0.6) is 0 Å². The van der Waals surface area contributed by atoms with Gasteiger partial charge in [0.15, 0.2) is 0 Å². The summed E-state index contributed by atoms with van der Waals surface area (Å²) in [6.07, 6.45) is -4.84. The van der Waals surface area contributed by atoms with Crippen LogP contribution in [-0.2, 0) is 9.53 Å². The minimum atomic E-state index is -4.36. The lowest BCUT2D eigenvalue weighted by Gasteiger charge is -2.25. The Kier molecular flexibility index (Phi) is 4.60. The molecule has 1 aromatic heterocycles. The largest absolute Gasteiger partial charge is 0.391 e. The molecule has 2 heterocycles. The van der Waals surface area contributed by atoms with E-state index in [9.17, 15) is 22.8 Å². The first-order valence-electron chi connectivity index (χ1n) is 6.89. The zero-order valence-corrected chi connectivity index (χ0v) is 12.3. The first-order chi connectivity index (χ1) is 10.6. The number of halogens is 3. The van der Waals surface area contributed by atoms with Crippen LogP contribution in [0, 0.1) is 0 Å². The predicted octanol–water partition coefficient (Wildman–Crippen LogP) is 2.01. The van der Waals surface area contributed by atoms with Gasteiger partial charge in [-0.25, -0.2) is 0 Å². The van der Waals surface area contributed by atoms with Gasteiger partial charge in [-0.15, -0.1) is 0 Å². The fraction of sp³-hybridized carbons (Fsp3) is 0.500. The third-order valence-corrected chi connectivity index (χ3v) is 3.51. The number of carbonyl (C=O) groups excluding carboxylic acids is 2. The molecule has 0 aliphatic carbocycles. The number of nitrogens with one attached hydrogen (secondary N) is 1. The van der Waals surface area contributed by atoms with E-state index in [-0.39, 0.29) is 24.2 Å². The number of nitrogens with two attached hydrogens (primary N) is 1. The zero-order valence-electron chi connectivity index (χ0n) is 12.3. The summed E-state index contributed by atoms with van der Waals surface area (Å²) in [6.45, 7) is 1.34. The Labute approximate surface area is 130 Å². The van der Waals surface area contributed by atoms with Gasteiger partial charge in [-0.3, -0.25) is 14.6 Å². The number of hydrogen-bond acceptors (Lipinski definition) is 4. The van der Waals surface area contributed by atoms with Gasteiger partial charge in [0.1, 0.15) is 11.8 Å². The number of rotatable bonds is 4. The number of anilines is 1. The van der Waals surface area contributed by atoms with Gasteiger partial charge in [0, 0.05) is 11.9 Å². The maximum atomic E-state index is 12.5. The normalized spacial score (nSPS) is 24.4. The third-order valence-electron chi connectivity index (χ3n) is 3.51.